The Hall–Kier alpha value is -4.83. The molecule has 77 heavy (non-hydrogen) atoms. The molecular weight excluding hydrogens is 1080 g/mol. The third-order valence-electron chi connectivity index (χ3n) is 18.0. The number of ketones is 1. The van der Waals surface area contributed by atoms with E-state index in [-0.39, 0.29) is 24.2 Å². The number of rotatable bonds is 17. The van der Waals surface area contributed by atoms with Gasteiger partial charge >= 0.3 is 23.9 Å². The lowest BCUT2D eigenvalue weighted by Gasteiger charge is -2.68. The number of carbonyl (C=O) groups excluding carboxylic acids is 6. The van der Waals surface area contributed by atoms with Gasteiger partial charge in [-0.05, 0) is 97.2 Å². The van der Waals surface area contributed by atoms with Gasteiger partial charge in [-0.1, -0.05) is 126 Å². The van der Waals surface area contributed by atoms with Gasteiger partial charge in [0, 0.05) is 42.1 Å². The smallest absolute Gasteiger partial charge is 0.338 e. The van der Waals surface area contributed by atoms with E-state index in [1.165, 1.54) is 13.8 Å². The second kappa shape index (κ2) is 22.4. The van der Waals surface area contributed by atoms with Gasteiger partial charge < -0.3 is 43.0 Å². The molecule has 11 atom stereocenters. The van der Waals surface area contributed by atoms with Crippen molar-refractivity contribution in [3.63, 3.8) is 0 Å². The molecule has 4 aliphatic rings. The highest BCUT2D eigenvalue weighted by atomic mass is 79.9. The Morgan fingerprint density at radius 3 is 1.97 bits per heavy atom. The molecule has 7 rings (SSSR count). The molecule has 3 aromatic rings. The van der Waals surface area contributed by atoms with Gasteiger partial charge in [-0.15, -0.1) is 0 Å². The number of ether oxygens (including phenoxy) is 5. The summed E-state index contributed by atoms with van der Waals surface area (Å²) in [4.78, 5) is 88.9. The lowest BCUT2D eigenvalue weighted by atomic mass is 9.44. The van der Waals surface area contributed by atoms with Crippen LogP contribution in [0.2, 0.25) is 36.3 Å². The van der Waals surface area contributed by atoms with Crippen molar-refractivity contribution in [1.29, 1.82) is 0 Å². The molecule has 3 fully saturated rings. The summed E-state index contributed by atoms with van der Waals surface area (Å²) in [6.45, 7) is 25.1. The molecule has 1 amide bonds. The number of carbonyl (C=O) groups is 6. The first kappa shape index (κ1) is 59.8. The first-order valence-corrected chi connectivity index (χ1v) is 33.1. The molecule has 0 unspecified atom stereocenters. The monoisotopic (exact) mass is 1160 g/mol. The first-order chi connectivity index (χ1) is 36.0. The van der Waals surface area contributed by atoms with Crippen LogP contribution in [0.25, 0.3) is 0 Å². The fourth-order valence-corrected chi connectivity index (χ4v) is 16.8. The summed E-state index contributed by atoms with van der Waals surface area (Å²) < 4.78 is 47.7. The number of hydrogen-bond acceptors (Lipinski definition) is 14. The highest BCUT2D eigenvalue weighted by molar-refractivity contribution is 9.10. The normalized spacial score (nSPS) is 28.7. The molecule has 15 nitrogen and oxygen atoms in total. The molecule has 0 spiro atoms. The molecule has 3 aromatic carbocycles. The zero-order valence-electron chi connectivity index (χ0n) is 47.1. The number of amides is 1. The number of benzene rings is 3. The highest BCUT2D eigenvalue weighted by Gasteiger charge is 2.79. The molecule has 0 radical (unpaired) electrons. The molecule has 1 aliphatic heterocycles. The van der Waals surface area contributed by atoms with Crippen LogP contribution in [0.1, 0.15) is 128 Å². The van der Waals surface area contributed by atoms with Gasteiger partial charge in [0.15, 0.2) is 40.2 Å². The Morgan fingerprint density at radius 1 is 0.844 bits per heavy atom. The Morgan fingerprint density at radius 2 is 1.44 bits per heavy atom. The Labute approximate surface area is 464 Å². The summed E-state index contributed by atoms with van der Waals surface area (Å²) in [6.07, 6.45) is -8.64. The fraction of sp³-hybridized carbons (Fsp3) is 0.559. The maximum Gasteiger partial charge on any atom is 0.338 e. The van der Waals surface area contributed by atoms with Crippen molar-refractivity contribution in [2.75, 3.05) is 6.61 Å². The Kier molecular flexibility index (Phi) is 17.4. The maximum absolute atomic E-state index is 16.6. The van der Waals surface area contributed by atoms with Gasteiger partial charge in [-0.25, -0.2) is 9.59 Å². The number of aliphatic hydroxyl groups is 1. The number of hydrogen-bond donors (Lipinski definition) is 2. The van der Waals surface area contributed by atoms with Crippen molar-refractivity contribution >= 4 is 68.1 Å². The third kappa shape index (κ3) is 11.0. The molecule has 2 N–H and O–H groups in total. The van der Waals surface area contributed by atoms with Crippen LogP contribution in [0.5, 0.6) is 0 Å². The third-order valence-corrected chi connectivity index (χ3v) is 27.6. The highest BCUT2D eigenvalue weighted by Crippen LogP contribution is 2.65. The van der Waals surface area contributed by atoms with E-state index in [0.717, 1.165) is 0 Å². The molecule has 2 saturated carbocycles. The quantitative estimate of drug-likeness (QED) is 0.0560. The van der Waals surface area contributed by atoms with Crippen LogP contribution in [-0.2, 0) is 51.7 Å². The van der Waals surface area contributed by atoms with Crippen LogP contribution in [0.4, 0.5) is 0 Å². The van der Waals surface area contributed by atoms with Crippen molar-refractivity contribution in [2.24, 2.45) is 16.7 Å². The number of fused-ring (bicyclic) bond motifs is 5. The number of esters is 4. The summed E-state index contributed by atoms with van der Waals surface area (Å²) >= 11 is 3.48. The van der Waals surface area contributed by atoms with Gasteiger partial charge in [0.05, 0.1) is 35.6 Å². The van der Waals surface area contributed by atoms with Crippen LogP contribution >= 0.6 is 15.9 Å². The van der Waals surface area contributed by atoms with E-state index in [1.54, 1.807) is 107 Å². The maximum atomic E-state index is 16.6. The molecule has 2 bridgehead atoms. The van der Waals surface area contributed by atoms with Gasteiger partial charge in [0.2, 0.25) is 0 Å². The summed E-state index contributed by atoms with van der Waals surface area (Å²) in [6, 6.07) is 25.0. The van der Waals surface area contributed by atoms with Gasteiger partial charge in [-0.2, -0.15) is 0 Å². The van der Waals surface area contributed by atoms with Gasteiger partial charge in [0.25, 0.3) is 5.91 Å². The molecule has 18 heteroatoms. The Bertz CT molecular complexity index is 2750. The van der Waals surface area contributed by atoms with E-state index in [4.69, 9.17) is 32.5 Å². The van der Waals surface area contributed by atoms with Crippen molar-refractivity contribution in [3.05, 3.63) is 117 Å². The molecule has 1 heterocycles. The van der Waals surface area contributed by atoms with E-state index >= 15 is 14.4 Å². The van der Waals surface area contributed by atoms with Crippen molar-refractivity contribution in [3.8, 4) is 0 Å². The van der Waals surface area contributed by atoms with E-state index in [2.05, 4.69) is 42.0 Å². The second-order valence-corrected chi connectivity index (χ2v) is 34.1. The van der Waals surface area contributed by atoms with Crippen LogP contribution in [0.15, 0.2) is 101 Å². The molecule has 418 valence electrons. The summed E-state index contributed by atoms with van der Waals surface area (Å²) in [7, 11) is -5.61. The zero-order chi connectivity index (χ0) is 56.8. The largest absolute Gasteiger partial charge is 0.456 e. The summed E-state index contributed by atoms with van der Waals surface area (Å²) in [5.41, 5.74) is -6.11. The SMILES string of the molecule is CC[Si](CC)(CC)O[C@H]1C[C@H]2OC[C@@]2(OC(C)=O)[C@H]2[C@H](OC(=O)c3cccc(Br)c3)[C@]3(O)C[C@H](OC(=O)[C@H](O[Si](C)(C)C(C)(C)C)[C@@H](NC(=O)c4ccccc4)c4ccccc4)C(C)=C([C@@H](OC(C)=O)C(=O)[C@]12C)C3(C)C. The summed E-state index contributed by atoms with van der Waals surface area (Å²) in [5, 5.41) is 17.1. The second-order valence-electron chi connectivity index (χ2n) is 23.7. The number of Topliss-reactive ketones (excluding diaryl/α,β-unsaturated/α-hetero) is 1. The average Bonchev–Trinajstić information content (AvgIpc) is 3.36. The van der Waals surface area contributed by atoms with E-state index in [0.29, 0.717) is 39.3 Å². The van der Waals surface area contributed by atoms with Crippen LogP contribution < -0.4 is 5.32 Å². The minimum Gasteiger partial charge on any atom is -0.456 e. The lowest BCUT2D eigenvalue weighted by Crippen LogP contribution is -2.82. The van der Waals surface area contributed by atoms with Crippen molar-refractivity contribution in [1.82, 2.24) is 5.32 Å². The predicted octanol–water partition coefficient (Wildman–Crippen LogP) is 10.6. The Balaban J connectivity index is 1.50. The van der Waals surface area contributed by atoms with Gasteiger partial charge in [0.1, 0.15) is 23.9 Å². The molecule has 3 aliphatic carbocycles. The van der Waals surface area contributed by atoms with Crippen LogP contribution in [-0.4, -0.2) is 112 Å². The van der Waals surface area contributed by atoms with E-state index < -0.39 is 134 Å². The van der Waals surface area contributed by atoms with E-state index in [9.17, 15) is 19.5 Å². The average molecular weight is 1160 g/mol. The minimum atomic E-state index is -2.95. The standard InChI is InChI=1S/C59H78BrNO14Si2/c1-15-77(16-2,17-3)74-43-32-44-58(34-69-44,73-37(6)63)49-51(72-53(66)40-29-24-30-41(60)31-40)59(68)33-42(35(4)45(56(59,10)11)47(70-36(5)62)50(64)57(43,49)12)71-54(67)48(75-76(13,14)55(7,8)9)46(38-25-20-18-21-26-38)61-52(65)39-27-22-19-23-28-39/h18-31,42-44,46-49,51,68H,15-17,32-34H2,1-14H3,(H,61,65)/t42-,43-,44+,46-,47+,48+,49-,51-,57+,58-,59+/m0/s1. The predicted molar refractivity (Wildman–Crippen MR) is 298 cm³/mol. The van der Waals surface area contributed by atoms with Crippen molar-refractivity contribution in [2.45, 2.75) is 186 Å². The lowest BCUT2D eigenvalue weighted by molar-refractivity contribution is -0.344. The number of halogens is 1. The van der Waals surface area contributed by atoms with Crippen LogP contribution in [0.3, 0.4) is 0 Å². The summed E-state index contributed by atoms with van der Waals surface area (Å²) in [5.74, 6) is -5.83. The zero-order valence-corrected chi connectivity index (χ0v) is 50.7. The fourth-order valence-electron chi connectivity index (χ4n) is 12.3. The minimum absolute atomic E-state index is 0.0823. The number of nitrogens with one attached hydrogen (secondary N) is 1. The molecular formula is C59H78BrNO14Si2. The van der Waals surface area contributed by atoms with Crippen LogP contribution in [0, 0.1) is 16.7 Å². The van der Waals surface area contributed by atoms with Gasteiger partial charge in [-0.3, -0.25) is 19.2 Å². The van der Waals surface area contributed by atoms with Crippen molar-refractivity contribution < 1.29 is 66.4 Å². The topological polar surface area (TPSA) is 199 Å². The van der Waals surface area contributed by atoms with E-state index in [1.807, 2.05) is 39.9 Å². The first-order valence-electron chi connectivity index (χ1n) is 26.9. The molecule has 0 aromatic heterocycles. The molecule has 1 saturated heterocycles.